The van der Waals surface area contributed by atoms with Crippen LogP contribution in [0.15, 0.2) is 76.8 Å². The molecule has 0 radical (unpaired) electrons. The number of aromatic nitrogens is 1. The molecule has 8 heteroatoms. The Hall–Kier alpha value is -3.36. The minimum absolute atomic E-state index is 0.0626. The number of hydrogen-bond acceptors (Lipinski definition) is 5. The predicted molar refractivity (Wildman–Crippen MR) is 134 cm³/mol. The first kappa shape index (κ1) is 22.4. The molecule has 0 bridgehead atoms. The zero-order valence-corrected chi connectivity index (χ0v) is 20.4. The maximum Gasteiger partial charge on any atom is 0.301 e. The maximum atomic E-state index is 13.4. The van der Waals surface area contributed by atoms with Crippen molar-refractivity contribution in [3.8, 4) is 0 Å². The zero-order chi connectivity index (χ0) is 24.0. The van der Waals surface area contributed by atoms with Crippen LogP contribution in [0.4, 0.5) is 9.52 Å². The van der Waals surface area contributed by atoms with E-state index >= 15 is 0 Å². The van der Waals surface area contributed by atoms with Crippen LogP contribution in [0.5, 0.6) is 0 Å². The van der Waals surface area contributed by atoms with E-state index in [1.807, 2.05) is 18.2 Å². The number of fused-ring (bicyclic) bond motifs is 1. The average Bonchev–Trinajstić information content (AvgIpc) is 3.37. The van der Waals surface area contributed by atoms with Gasteiger partial charge in [-0.15, -0.1) is 0 Å². The second-order valence-electron chi connectivity index (χ2n) is 7.88. The summed E-state index contributed by atoms with van der Waals surface area (Å²) in [6.07, 6.45) is 0.865. The summed E-state index contributed by atoms with van der Waals surface area (Å²) in [6.45, 7) is 2.06. The van der Waals surface area contributed by atoms with Crippen molar-refractivity contribution in [1.29, 1.82) is 0 Å². The topological polar surface area (TPSA) is 70.5 Å². The molecule has 1 aliphatic rings. The summed E-state index contributed by atoms with van der Waals surface area (Å²) in [7, 11) is 0. The number of Topliss-reactive ketones (excluding diaryl/α,β-unsaturated/α-hetero) is 1. The highest BCUT2D eigenvalue weighted by molar-refractivity contribution is 9.10. The number of aryl methyl sites for hydroxylation is 1. The number of ketones is 1. The van der Waals surface area contributed by atoms with Crippen molar-refractivity contribution >= 4 is 60.1 Å². The third kappa shape index (κ3) is 3.82. The van der Waals surface area contributed by atoms with Crippen LogP contribution in [0, 0.1) is 5.82 Å². The lowest BCUT2D eigenvalue weighted by molar-refractivity contribution is -0.132. The Kier molecular flexibility index (Phi) is 5.79. The Balaban J connectivity index is 1.71. The number of aliphatic hydroxyl groups is 1. The van der Waals surface area contributed by atoms with Crippen LogP contribution in [0.3, 0.4) is 0 Å². The molecule has 1 aromatic heterocycles. The Bertz CT molecular complexity index is 1460. The summed E-state index contributed by atoms with van der Waals surface area (Å²) in [6, 6.07) is 17.3. The fourth-order valence-electron chi connectivity index (χ4n) is 4.03. The minimum atomic E-state index is -0.885. The SMILES string of the molecule is CCc1ccc2nc(N3C(=O)C(=O)C(=C(O)c4ccc(F)cc4)[C@H]3c3ccc(Br)cc3)sc2c1. The van der Waals surface area contributed by atoms with E-state index in [2.05, 4.69) is 27.8 Å². The van der Waals surface area contributed by atoms with Gasteiger partial charge in [0.15, 0.2) is 5.13 Å². The van der Waals surface area contributed by atoms with Crippen LogP contribution in [0.25, 0.3) is 16.0 Å². The summed E-state index contributed by atoms with van der Waals surface area (Å²) in [5, 5.41) is 11.5. The van der Waals surface area contributed by atoms with Crippen LogP contribution in [0.2, 0.25) is 0 Å². The summed E-state index contributed by atoms with van der Waals surface area (Å²) < 4.78 is 15.2. The number of carbonyl (C=O) groups is 2. The van der Waals surface area contributed by atoms with Gasteiger partial charge in [0.2, 0.25) is 0 Å². The molecule has 1 N–H and O–H groups in total. The molecule has 2 heterocycles. The van der Waals surface area contributed by atoms with E-state index in [0.29, 0.717) is 10.7 Å². The van der Waals surface area contributed by atoms with Gasteiger partial charge in [-0.3, -0.25) is 14.5 Å². The molecule has 1 saturated heterocycles. The van der Waals surface area contributed by atoms with Crippen LogP contribution in [-0.4, -0.2) is 21.8 Å². The Morgan fingerprint density at radius 2 is 1.79 bits per heavy atom. The number of nitrogens with zero attached hydrogens (tertiary/aromatic N) is 2. The number of thiazole rings is 1. The summed E-state index contributed by atoms with van der Waals surface area (Å²) in [5.74, 6) is -2.42. The molecule has 1 amide bonds. The van der Waals surface area contributed by atoms with E-state index < -0.39 is 23.5 Å². The lowest BCUT2D eigenvalue weighted by Crippen LogP contribution is -2.29. The summed E-state index contributed by atoms with van der Waals surface area (Å²) >= 11 is 4.73. The van der Waals surface area contributed by atoms with Crippen molar-refractivity contribution < 1.29 is 19.1 Å². The number of benzene rings is 3. The Labute approximate surface area is 207 Å². The first-order valence-corrected chi connectivity index (χ1v) is 12.2. The third-order valence-corrected chi connectivity index (χ3v) is 7.35. The lowest BCUT2D eigenvalue weighted by atomic mass is 9.95. The molecule has 170 valence electrons. The molecule has 3 aromatic carbocycles. The number of anilines is 1. The summed E-state index contributed by atoms with van der Waals surface area (Å²) in [4.78, 5) is 32.5. The van der Waals surface area contributed by atoms with Gasteiger partial charge in [0.1, 0.15) is 11.6 Å². The molecular weight excluding hydrogens is 519 g/mol. The molecule has 1 atom stereocenters. The number of hydrogen-bond donors (Lipinski definition) is 1. The van der Waals surface area contributed by atoms with E-state index in [1.165, 1.54) is 40.5 Å². The van der Waals surface area contributed by atoms with Crippen molar-refractivity contribution in [2.45, 2.75) is 19.4 Å². The molecule has 5 nitrogen and oxygen atoms in total. The quantitative estimate of drug-likeness (QED) is 0.186. The minimum Gasteiger partial charge on any atom is -0.507 e. The molecular formula is C26H18BrFN2O3S. The molecule has 0 spiro atoms. The molecule has 1 fully saturated rings. The largest absolute Gasteiger partial charge is 0.507 e. The number of amides is 1. The van der Waals surface area contributed by atoms with Gasteiger partial charge in [0, 0.05) is 10.0 Å². The van der Waals surface area contributed by atoms with Gasteiger partial charge in [-0.05, 0) is 66.1 Å². The molecule has 34 heavy (non-hydrogen) atoms. The zero-order valence-electron chi connectivity index (χ0n) is 18.0. The van der Waals surface area contributed by atoms with Crippen molar-refractivity contribution in [2.24, 2.45) is 0 Å². The normalized spacial score (nSPS) is 17.6. The van der Waals surface area contributed by atoms with Gasteiger partial charge < -0.3 is 5.11 Å². The van der Waals surface area contributed by atoms with Gasteiger partial charge in [-0.2, -0.15) is 0 Å². The third-order valence-electron chi connectivity index (χ3n) is 5.80. The van der Waals surface area contributed by atoms with Gasteiger partial charge in [0.25, 0.3) is 5.78 Å². The number of aliphatic hydroxyl groups excluding tert-OH is 1. The Morgan fingerprint density at radius 3 is 2.47 bits per heavy atom. The second-order valence-corrected chi connectivity index (χ2v) is 9.80. The number of halogens is 2. The first-order valence-electron chi connectivity index (χ1n) is 10.6. The molecule has 4 aromatic rings. The van der Waals surface area contributed by atoms with Gasteiger partial charge in [-0.1, -0.05) is 52.4 Å². The second kappa shape index (κ2) is 8.77. The van der Waals surface area contributed by atoms with Crippen LogP contribution in [-0.2, 0) is 16.0 Å². The van der Waals surface area contributed by atoms with Crippen molar-refractivity contribution in [3.05, 3.63) is 99.3 Å². The van der Waals surface area contributed by atoms with Crippen LogP contribution >= 0.6 is 27.3 Å². The maximum absolute atomic E-state index is 13.4. The highest BCUT2D eigenvalue weighted by Gasteiger charge is 2.48. The van der Waals surface area contributed by atoms with E-state index in [9.17, 15) is 19.1 Å². The predicted octanol–water partition coefficient (Wildman–Crippen LogP) is 6.39. The van der Waals surface area contributed by atoms with Crippen molar-refractivity contribution in [1.82, 2.24) is 4.98 Å². The van der Waals surface area contributed by atoms with Crippen molar-refractivity contribution in [3.63, 3.8) is 0 Å². The molecule has 5 rings (SSSR count). The fraction of sp³-hybridized carbons (Fsp3) is 0.115. The molecule has 0 aliphatic carbocycles. The lowest BCUT2D eigenvalue weighted by Gasteiger charge is -2.23. The van der Waals surface area contributed by atoms with Crippen LogP contribution in [0.1, 0.15) is 29.7 Å². The number of rotatable bonds is 4. The first-order chi connectivity index (χ1) is 16.4. The monoisotopic (exact) mass is 536 g/mol. The van der Waals surface area contributed by atoms with Crippen LogP contribution < -0.4 is 4.90 Å². The molecule has 1 aliphatic heterocycles. The summed E-state index contributed by atoms with van der Waals surface area (Å²) in [5.41, 5.74) is 2.70. The van der Waals surface area contributed by atoms with E-state index in [0.717, 1.165) is 26.7 Å². The van der Waals surface area contributed by atoms with E-state index in [4.69, 9.17) is 0 Å². The molecule has 0 saturated carbocycles. The number of carbonyl (C=O) groups excluding carboxylic acids is 2. The Morgan fingerprint density at radius 1 is 1.09 bits per heavy atom. The average molecular weight is 537 g/mol. The molecule has 0 unspecified atom stereocenters. The standard InChI is InChI=1S/C26H18BrFN2O3S/c1-2-14-3-12-19-20(13-14)34-26(29-19)30-22(15-4-8-17(27)9-5-15)21(24(32)25(30)33)23(31)16-6-10-18(28)11-7-16/h3-13,22,31H,2H2,1H3/t22-/m1/s1. The van der Waals surface area contributed by atoms with E-state index in [-0.39, 0.29) is 16.9 Å². The van der Waals surface area contributed by atoms with Gasteiger partial charge in [-0.25, -0.2) is 9.37 Å². The van der Waals surface area contributed by atoms with Gasteiger partial charge in [0.05, 0.1) is 21.8 Å². The van der Waals surface area contributed by atoms with Crippen molar-refractivity contribution in [2.75, 3.05) is 4.90 Å². The smallest absolute Gasteiger partial charge is 0.301 e. The fourth-order valence-corrected chi connectivity index (χ4v) is 5.35. The highest BCUT2D eigenvalue weighted by Crippen LogP contribution is 2.44. The van der Waals surface area contributed by atoms with E-state index in [1.54, 1.807) is 24.3 Å². The highest BCUT2D eigenvalue weighted by atomic mass is 79.9. The van der Waals surface area contributed by atoms with Gasteiger partial charge >= 0.3 is 5.91 Å².